The number of nitrogen functional groups attached to an aromatic ring is 1. The number of nitrogens with two attached hydrogens (primary N) is 1. The number of nitrogens with zero attached hydrogens (tertiary/aromatic N) is 2. The van der Waals surface area contributed by atoms with Gasteiger partial charge in [-0.2, -0.15) is 0 Å². The molecule has 1 unspecified atom stereocenters. The summed E-state index contributed by atoms with van der Waals surface area (Å²) in [5.41, 5.74) is 9.10. The number of hydrogen-bond donors (Lipinski definition) is 1. The van der Waals surface area contributed by atoms with E-state index in [1.54, 1.807) is 25.3 Å². The maximum absolute atomic E-state index is 13.3. The highest BCUT2D eigenvalue weighted by molar-refractivity contribution is 6.08. The van der Waals surface area contributed by atoms with Crippen molar-refractivity contribution in [1.29, 1.82) is 0 Å². The van der Waals surface area contributed by atoms with E-state index >= 15 is 0 Å². The second-order valence-corrected chi connectivity index (χ2v) is 6.60. The number of anilines is 2. The third-order valence-corrected chi connectivity index (χ3v) is 4.77. The van der Waals surface area contributed by atoms with Crippen molar-refractivity contribution < 1.29 is 9.53 Å². The van der Waals surface area contributed by atoms with Crippen molar-refractivity contribution >= 4 is 17.3 Å². The lowest BCUT2D eigenvalue weighted by atomic mass is 10.0. The fourth-order valence-electron chi connectivity index (χ4n) is 3.51. The highest BCUT2D eigenvalue weighted by Gasteiger charge is 2.29. The van der Waals surface area contributed by atoms with Crippen LogP contribution in [0.4, 0.5) is 11.4 Å². The van der Waals surface area contributed by atoms with E-state index in [-0.39, 0.29) is 5.91 Å². The molecular weight excluding hydrogens is 314 g/mol. The Morgan fingerprint density at radius 3 is 2.72 bits per heavy atom. The van der Waals surface area contributed by atoms with Crippen molar-refractivity contribution in [3.05, 3.63) is 53.6 Å². The molecule has 0 bridgehead atoms. The lowest BCUT2D eigenvalue weighted by Crippen LogP contribution is -2.32. The third kappa shape index (κ3) is 3.33. The Labute approximate surface area is 149 Å². The van der Waals surface area contributed by atoms with Crippen molar-refractivity contribution in [1.82, 2.24) is 4.90 Å². The summed E-state index contributed by atoms with van der Waals surface area (Å²) in [5.74, 6) is 0.458. The Hall–Kier alpha value is -2.53. The predicted octanol–water partition coefficient (Wildman–Crippen LogP) is 3.32. The zero-order valence-electron chi connectivity index (χ0n) is 15.0. The van der Waals surface area contributed by atoms with Crippen LogP contribution >= 0.6 is 0 Å². The summed E-state index contributed by atoms with van der Waals surface area (Å²) >= 11 is 0. The van der Waals surface area contributed by atoms with Crippen LogP contribution in [0.5, 0.6) is 5.75 Å². The monoisotopic (exact) mass is 339 g/mol. The lowest BCUT2D eigenvalue weighted by Gasteiger charge is -2.27. The van der Waals surface area contributed by atoms with Gasteiger partial charge in [-0.1, -0.05) is 18.2 Å². The summed E-state index contributed by atoms with van der Waals surface area (Å²) in [7, 11) is 5.73. The van der Waals surface area contributed by atoms with E-state index < -0.39 is 0 Å². The first-order chi connectivity index (χ1) is 12.0. The second kappa shape index (κ2) is 7.15. The smallest absolute Gasteiger partial charge is 0.262 e. The molecule has 25 heavy (non-hydrogen) atoms. The molecule has 0 spiro atoms. The van der Waals surface area contributed by atoms with Gasteiger partial charge in [0.1, 0.15) is 5.75 Å². The molecule has 2 aromatic carbocycles. The Bertz CT molecular complexity index is 773. The average Bonchev–Trinajstić information content (AvgIpc) is 2.80. The van der Waals surface area contributed by atoms with Crippen LogP contribution in [-0.2, 0) is 0 Å². The number of amides is 1. The summed E-state index contributed by atoms with van der Waals surface area (Å²) in [5, 5.41) is 0. The van der Waals surface area contributed by atoms with Gasteiger partial charge in [0.05, 0.1) is 12.7 Å². The number of ether oxygens (including phenoxy) is 1. The van der Waals surface area contributed by atoms with E-state index in [1.807, 2.05) is 23.1 Å². The molecule has 132 valence electrons. The van der Waals surface area contributed by atoms with Crippen LogP contribution in [0.1, 0.15) is 34.8 Å². The number of carbonyl (C=O) groups excluding carboxylic acids is 1. The Kier molecular flexibility index (Phi) is 4.95. The Balaban J connectivity index is 2.04. The highest BCUT2D eigenvalue weighted by Crippen LogP contribution is 2.36. The summed E-state index contributed by atoms with van der Waals surface area (Å²) < 4.78 is 5.38. The number of methoxy groups -OCH3 is 1. The zero-order chi connectivity index (χ0) is 18.0. The molecular formula is C20H25N3O2. The van der Waals surface area contributed by atoms with Gasteiger partial charge in [0, 0.05) is 30.0 Å². The van der Waals surface area contributed by atoms with Crippen LogP contribution in [0.2, 0.25) is 0 Å². The maximum atomic E-state index is 13.3. The first-order valence-corrected chi connectivity index (χ1v) is 8.53. The van der Waals surface area contributed by atoms with Gasteiger partial charge in [0.25, 0.3) is 5.91 Å². The minimum absolute atomic E-state index is 0.0521. The van der Waals surface area contributed by atoms with E-state index in [2.05, 4.69) is 25.1 Å². The molecule has 0 fully saturated rings. The summed E-state index contributed by atoms with van der Waals surface area (Å²) in [6, 6.07) is 13.6. The Morgan fingerprint density at radius 1 is 1.24 bits per heavy atom. The second-order valence-electron chi connectivity index (χ2n) is 6.60. The van der Waals surface area contributed by atoms with Crippen molar-refractivity contribution in [3.8, 4) is 5.75 Å². The molecule has 1 heterocycles. The summed E-state index contributed by atoms with van der Waals surface area (Å²) in [4.78, 5) is 17.4. The topological polar surface area (TPSA) is 58.8 Å². The van der Waals surface area contributed by atoms with E-state index in [0.29, 0.717) is 29.6 Å². The molecule has 0 radical (unpaired) electrons. The number of carbonyl (C=O) groups is 1. The van der Waals surface area contributed by atoms with Crippen LogP contribution < -0.4 is 15.4 Å². The van der Waals surface area contributed by atoms with Crippen LogP contribution in [0.25, 0.3) is 0 Å². The van der Waals surface area contributed by atoms with Gasteiger partial charge < -0.3 is 20.3 Å². The van der Waals surface area contributed by atoms with Crippen molar-refractivity contribution in [2.75, 3.05) is 38.4 Å². The van der Waals surface area contributed by atoms with Crippen molar-refractivity contribution in [2.45, 2.75) is 18.9 Å². The molecule has 2 N–H and O–H groups in total. The van der Waals surface area contributed by atoms with Gasteiger partial charge in [0.2, 0.25) is 0 Å². The molecule has 1 atom stereocenters. The van der Waals surface area contributed by atoms with Gasteiger partial charge in [0.15, 0.2) is 0 Å². The summed E-state index contributed by atoms with van der Waals surface area (Å²) in [6.07, 6.45) is 1.97. The van der Waals surface area contributed by atoms with Crippen LogP contribution in [0.15, 0.2) is 42.5 Å². The minimum atomic E-state index is -0.0521. The van der Waals surface area contributed by atoms with E-state index in [9.17, 15) is 4.79 Å². The zero-order valence-corrected chi connectivity index (χ0v) is 15.0. The van der Waals surface area contributed by atoms with Gasteiger partial charge in [-0.25, -0.2) is 0 Å². The molecule has 0 aromatic heterocycles. The molecule has 2 aromatic rings. The minimum Gasteiger partial charge on any atom is -0.496 e. The molecule has 0 aliphatic carbocycles. The van der Waals surface area contributed by atoms with Crippen LogP contribution in [0.3, 0.4) is 0 Å². The van der Waals surface area contributed by atoms with Crippen LogP contribution in [-0.4, -0.2) is 38.6 Å². The number of rotatable bonds is 3. The average molecular weight is 339 g/mol. The quantitative estimate of drug-likeness (QED) is 0.872. The third-order valence-electron chi connectivity index (χ3n) is 4.77. The van der Waals surface area contributed by atoms with E-state index in [1.165, 1.54) is 5.56 Å². The fourth-order valence-corrected chi connectivity index (χ4v) is 3.51. The SMILES string of the molecule is COc1cc(N)ccc1C(=O)N1CCCC(N(C)C)c2ccccc21. The molecule has 5 nitrogen and oxygen atoms in total. The van der Waals surface area contributed by atoms with Gasteiger partial charge in [-0.05, 0) is 50.7 Å². The molecule has 3 rings (SSSR count). The number of hydrogen-bond acceptors (Lipinski definition) is 4. The molecule has 1 aliphatic heterocycles. The number of para-hydroxylation sites is 1. The first-order valence-electron chi connectivity index (χ1n) is 8.53. The number of fused-ring (bicyclic) bond motifs is 1. The molecule has 0 saturated carbocycles. The largest absolute Gasteiger partial charge is 0.496 e. The van der Waals surface area contributed by atoms with Gasteiger partial charge >= 0.3 is 0 Å². The molecule has 0 saturated heterocycles. The summed E-state index contributed by atoms with van der Waals surface area (Å²) in [6.45, 7) is 0.688. The van der Waals surface area contributed by atoms with Gasteiger partial charge in [-0.15, -0.1) is 0 Å². The fraction of sp³-hybridized carbons (Fsp3) is 0.350. The predicted molar refractivity (Wildman–Crippen MR) is 101 cm³/mol. The number of benzene rings is 2. The molecule has 5 heteroatoms. The lowest BCUT2D eigenvalue weighted by molar-refractivity contribution is 0.0984. The maximum Gasteiger partial charge on any atom is 0.262 e. The van der Waals surface area contributed by atoms with Crippen molar-refractivity contribution in [2.24, 2.45) is 0 Å². The van der Waals surface area contributed by atoms with Crippen molar-refractivity contribution in [3.63, 3.8) is 0 Å². The first kappa shape index (κ1) is 17.3. The normalized spacial score (nSPS) is 17.1. The standard InChI is InChI=1S/C20H25N3O2/c1-22(2)17-9-6-12-23(18-8-5-4-7-15(17)18)20(24)16-11-10-14(21)13-19(16)25-3/h4-5,7-8,10-11,13,17H,6,9,12,21H2,1-3H3. The van der Waals surface area contributed by atoms with E-state index in [0.717, 1.165) is 18.5 Å². The van der Waals surface area contributed by atoms with Gasteiger partial charge in [-0.3, -0.25) is 4.79 Å². The van der Waals surface area contributed by atoms with Crippen LogP contribution in [0, 0.1) is 0 Å². The molecule has 1 aliphatic rings. The van der Waals surface area contributed by atoms with E-state index in [4.69, 9.17) is 10.5 Å². The Morgan fingerprint density at radius 2 is 2.00 bits per heavy atom. The molecule has 1 amide bonds. The highest BCUT2D eigenvalue weighted by atomic mass is 16.5.